The van der Waals surface area contributed by atoms with Crippen LogP contribution < -0.4 is 5.32 Å². The van der Waals surface area contributed by atoms with Crippen molar-refractivity contribution in [3.63, 3.8) is 0 Å². The van der Waals surface area contributed by atoms with Gasteiger partial charge in [0.25, 0.3) is 0 Å². The summed E-state index contributed by atoms with van der Waals surface area (Å²) in [6, 6.07) is 20.3. The number of fused-ring (bicyclic) bond motifs is 2. The second-order valence-corrected chi connectivity index (χ2v) is 6.61. The van der Waals surface area contributed by atoms with Gasteiger partial charge >= 0.3 is 0 Å². The number of hydrogen-bond donors (Lipinski definition) is 1. The minimum absolute atomic E-state index is 0.455. The molecule has 4 rings (SSSR count). The van der Waals surface area contributed by atoms with E-state index < -0.39 is 0 Å². The molecular formula is C18H17NS. The Kier molecular flexibility index (Phi) is 2.86. The predicted octanol–water partition coefficient (Wildman–Crippen LogP) is 4.70. The van der Waals surface area contributed by atoms with Crippen LogP contribution in [0.3, 0.4) is 0 Å². The first-order valence-electron chi connectivity index (χ1n) is 7.13. The summed E-state index contributed by atoms with van der Waals surface area (Å²) in [6.07, 6.45) is 0. The van der Waals surface area contributed by atoms with Gasteiger partial charge in [-0.05, 0) is 35.6 Å². The molecule has 1 aromatic heterocycles. The summed E-state index contributed by atoms with van der Waals surface area (Å²) < 4.78 is 1.39. The maximum absolute atomic E-state index is 3.64. The molecule has 0 aliphatic carbocycles. The number of rotatable bonds is 1. The molecule has 2 atom stereocenters. The van der Waals surface area contributed by atoms with Crippen LogP contribution in [0.1, 0.15) is 34.9 Å². The summed E-state index contributed by atoms with van der Waals surface area (Å²) in [5.74, 6) is 0.486. The Hall–Kier alpha value is -1.64. The zero-order valence-electron chi connectivity index (χ0n) is 11.5. The molecule has 2 aromatic carbocycles. The van der Waals surface area contributed by atoms with E-state index in [9.17, 15) is 0 Å². The van der Waals surface area contributed by atoms with E-state index >= 15 is 0 Å². The largest absolute Gasteiger partial charge is 0.309 e. The van der Waals surface area contributed by atoms with Gasteiger partial charge in [0, 0.05) is 28.1 Å². The molecular weight excluding hydrogens is 262 g/mol. The fraction of sp³-hybridized carbons (Fsp3) is 0.222. The van der Waals surface area contributed by atoms with E-state index in [4.69, 9.17) is 0 Å². The van der Waals surface area contributed by atoms with E-state index in [1.54, 1.807) is 0 Å². The highest BCUT2D eigenvalue weighted by Crippen LogP contribution is 2.39. The third-order valence-corrected chi connectivity index (χ3v) is 5.48. The molecule has 20 heavy (non-hydrogen) atoms. The zero-order chi connectivity index (χ0) is 13.5. The molecule has 0 saturated carbocycles. The van der Waals surface area contributed by atoms with E-state index in [1.165, 1.54) is 26.1 Å². The lowest BCUT2D eigenvalue weighted by Gasteiger charge is -2.30. The van der Waals surface area contributed by atoms with Crippen molar-refractivity contribution in [2.24, 2.45) is 0 Å². The minimum Gasteiger partial charge on any atom is -0.309 e. The van der Waals surface area contributed by atoms with Crippen LogP contribution in [0, 0.1) is 0 Å². The molecule has 1 N–H and O–H groups in total. The van der Waals surface area contributed by atoms with Crippen LogP contribution in [-0.2, 0) is 0 Å². The van der Waals surface area contributed by atoms with Gasteiger partial charge in [-0.2, -0.15) is 0 Å². The van der Waals surface area contributed by atoms with Gasteiger partial charge in [0.05, 0.1) is 0 Å². The van der Waals surface area contributed by atoms with Crippen molar-refractivity contribution >= 4 is 21.4 Å². The first-order valence-corrected chi connectivity index (χ1v) is 7.95. The summed E-state index contributed by atoms with van der Waals surface area (Å²) in [7, 11) is 0. The summed E-state index contributed by atoms with van der Waals surface area (Å²) in [5.41, 5.74) is 2.94. The summed E-state index contributed by atoms with van der Waals surface area (Å²) in [4.78, 5) is 1.47. The maximum Gasteiger partial charge on any atom is 0.0345 e. The molecule has 0 spiro atoms. The number of nitrogens with one attached hydrogen (secondary N) is 1. The van der Waals surface area contributed by atoms with Crippen molar-refractivity contribution in [1.29, 1.82) is 0 Å². The lowest BCUT2D eigenvalue weighted by molar-refractivity contribution is 0.511. The molecule has 0 radical (unpaired) electrons. The fourth-order valence-corrected chi connectivity index (χ4v) is 4.35. The quantitative estimate of drug-likeness (QED) is 0.681. The third-order valence-electron chi connectivity index (χ3n) is 4.25. The molecule has 100 valence electrons. The molecule has 1 aliphatic heterocycles. The number of thiophene rings is 1. The van der Waals surface area contributed by atoms with Crippen LogP contribution in [0.5, 0.6) is 0 Å². The second kappa shape index (κ2) is 4.72. The Bertz CT molecular complexity index is 726. The minimum atomic E-state index is 0.455. The van der Waals surface area contributed by atoms with E-state index in [1.807, 2.05) is 11.3 Å². The SMILES string of the molecule is CC1NCC(c2cc3ccccc3s2)c2ccccc21. The van der Waals surface area contributed by atoms with Crippen LogP contribution in [0.25, 0.3) is 10.1 Å². The summed E-state index contributed by atoms with van der Waals surface area (Å²) in [6.45, 7) is 3.28. The van der Waals surface area contributed by atoms with E-state index in [0.717, 1.165) is 6.54 Å². The molecule has 0 amide bonds. The fourth-order valence-electron chi connectivity index (χ4n) is 3.17. The Morgan fingerprint density at radius 1 is 1.00 bits per heavy atom. The maximum atomic E-state index is 3.64. The van der Waals surface area contributed by atoms with Crippen LogP contribution in [0.2, 0.25) is 0 Å². The van der Waals surface area contributed by atoms with Crippen molar-refractivity contribution in [2.45, 2.75) is 18.9 Å². The van der Waals surface area contributed by atoms with Gasteiger partial charge in [-0.25, -0.2) is 0 Å². The smallest absolute Gasteiger partial charge is 0.0345 e. The van der Waals surface area contributed by atoms with Gasteiger partial charge in [-0.1, -0.05) is 42.5 Å². The van der Waals surface area contributed by atoms with E-state index in [2.05, 4.69) is 66.8 Å². The van der Waals surface area contributed by atoms with Gasteiger partial charge in [0.2, 0.25) is 0 Å². The summed E-state index contributed by atoms with van der Waals surface area (Å²) >= 11 is 1.93. The lowest BCUT2D eigenvalue weighted by Crippen LogP contribution is -2.31. The highest BCUT2D eigenvalue weighted by Gasteiger charge is 2.26. The molecule has 0 fully saturated rings. The van der Waals surface area contributed by atoms with Gasteiger partial charge in [-0.3, -0.25) is 0 Å². The number of hydrogen-bond acceptors (Lipinski definition) is 2. The van der Waals surface area contributed by atoms with Crippen LogP contribution in [0.15, 0.2) is 54.6 Å². The average molecular weight is 279 g/mol. The van der Waals surface area contributed by atoms with Crippen LogP contribution >= 0.6 is 11.3 Å². The normalized spacial score (nSPS) is 21.9. The Balaban J connectivity index is 1.84. The molecule has 3 aromatic rings. The molecule has 0 saturated heterocycles. The molecule has 2 heteroatoms. The van der Waals surface area contributed by atoms with Crippen LogP contribution in [-0.4, -0.2) is 6.54 Å². The van der Waals surface area contributed by atoms with Crippen LogP contribution in [0.4, 0.5) is 0 Å². The summed E-state index contributed by atoms with van der Waals surface area (Å²) in [5, 5.41) is 5.00. The highest BCUT2D eigenvalue weighted by atomic mass is 32.1. The monoisotopic (exact) mass is 279 g/mol. The number of benzene rings is 2. The van der Waals surface area contributed by atoms with Gasteiger partial charge < -0.3 is 5.32 Å². The first-order chi connectivity index (χ1) is 9.83. The van der Waals surface area contributed by atoms with Gasteiger partial charge in [-0.15, -0.1) is 11.3 Å². The Morgan fingerprint density at radius 3 is 2.60 bits per heavy atom. The second-order valence-electron chi connectivity index (χ2n) is 5.50. The van der Waals surface area contributed by atoms with Crippen molar-refractivity contribution in [3.05, 3.63) is 70.6 Å². The van der Waals surface area contributed by atoms with E-state index in [-0.39, 0.29) is 0 Å². The van der Waals surface area contributed by atoms with Gasteiger partial charge in [0.1, 0.15) is 0 Å². The molecule has 2 heterocycles. The van der Waals surface area contributed by atoms with Crippen molar-refractivity contribution in [3.8, 4) is 0 Å². The average Bonchev–Trinajstić information content (AvgIpc) is 2.91. The predicted molar refractivity (Wildman–Crippen MR) is 86.5 cm³/mol. The topological polar surface area (TPSA) is 12.0 Å². The van der Waals surface area contributed by atoms with E-state index in [0.29, 0.717) is 12.0 Å². The Morgan fingerprint density at radius 2 is 1.75 bits per heavy atom. The molecule has 1 nitrogen and oxygen atoms in total. The Labute approximate surface area is 123 Å². The van der Waals surface area contributed by atoms with Crippen molar-refractivity contribution in [2.75, 3.05) is 6.54 Å². The molecule has 2 unspecified atom stereocenters. The van der Waals surface area contributed by atoms with Crippen molar-refractivity contribution in [1.82, 2.24) is 5.32 Å². The standard InChI is InChI=1S/C18H17NS/c1-12-14-7-3-4-8-15(14)16(11-19-12)18-10-13-6-2-5-9-17(13)20-18/h2-10,12,16,19H,11H2,1H3. The molecule has 1 aliphatic rings. The molecule has 0 bridgehead atoms. The highest BCUT2D eigenvalue weighted by molar-refractivity contribution is 7.19. The third kappa shape index (κ3) is 1.88. The first kappa shape index (κ1) is 12.1. The van der Waals surface area contributed by atoms with Crippen molar-refractivity contribution < 1.29 is 0 Å². The van der Waals surface area contributed by atoms with Gasteiger partial charge in [0.15, 0.2) is 0 Å². The zero-order valence-corrected chi connectivity index (χ0v) is 12.3. The lowest BCUT2D eigenvalue weighted by atomic mass is 9.86.